The standard InChI is InChI=1S/C15H14F2N4O2/c1-7-19-12(5-13(22)20-7)8-2-10(3-8)21-15(23)14-11(17)4-9(16)6-18-14/h4-6,8,10H,2-3H2,1H3,(H,21,23)(H,19,20,22). The molecule has 1 aliphatic rings. The quantitative estimate of drug-likeness (QED) is 0.895. The van der Waals surface area contributed by atoms with E-state index in [0.717, 1.165) is 6.20 Å². The lowest BCUT2D eigenvalue weighted by Crippen LogP contribution is -2.44. The Balaban J connectivity index is 1.61. The molecule has 2 heterocycles. The summed E-state index contributed by atoms with van der Waals surface area (Å²) >= 11 is 0. The van der Waals surface area contributed by atoms with Gasteiger partial charge in [0.2, 0.25) is 0 Å². The first-order chi connectivity index (χ1) is 10.9. The molecular formula is C15H14F2N4O2. The first-order valence-electron chi connectivity index (χ1n) is 7.12. The normalized spacial score (nSPS) is 20.0. The lowest BCUT2D eigenvalue weighted by molar-refractivity contribution is 0.0898. The van der Waals surface area contributed by atoms with Gasteiger partial charge in [0, 0.05) is 24.1 Å². The summed E-state index contributed by atoms with van der Waals surface area (Å²) in [6.45, 7) is 1.70. The highest BCUT2D eigenvalue weighted by Gasteiger charge is 2.33. The van der Waals surface area contributed by atoms with Gasteiger partial charge in [0.15, 0.2) is 11.5 Å². The molecule has 0 atom stereocenters. The molecule has 0 bridgehead atoms. The van der Waals surface area contributed by atoms with Gasteiger partial charge in [0.1, 0.15) is 11.6 Å². The topological polar surface area (TPSA) is 87.7 Å². The number of hydrogen-bond acceptors (Lipinski definition) is 4. The van der Waals surface area contributed by atoms with Gasteiger partial charge in [-0.15, -0.1) is 0 Å². The molecule has 1 amide bonds. The first-order valence-corrected chi connectivity index (χ1v) is 7.12. The minimum absolute atomic E-state index is 0.0762. The number of pyridine rings is 1. The van der Waals surface area contributed by atoms with Gasteiger partial charge in [0.25, 0.3) is 11.5 Å². The Morgan fingerprint density at radius 2 is 2.09 bits per heavy atom. The molecule has 1 fully saturated rings. The predicted octanol–water partition coefficient (Wildman–Crippen LogP) is 1.43. The molecule has 1 saturated carbocycles. The van der Waals surface area contributed by atoms with Crippen molar-refractivity contribution in [3.8, 4) is 0 Å². The second-order valence-electron chi connectivity index (χ2n) is 5.58. The molecule has 0 spiro atoms. The maximum absolute atomic E-state index is 13.5. The zero-order valence-corrected chi connectivity index (χ0v) is 12.3. The van der Waals surface area contributed by atoms with Crippen molar-refractivity contribution < 1.29 is 13.6 Å². The number of hydrogen-bond donors (Lipinski definition) is 2. The number of nitrogens with one attached hydrogen (secondary N) is 2. The highest BCUT2D eigenvalue weighted by atomic mass is 19.1. The van der Waals surface area contributed by atoms with Crippen LogP contribution >= 0.6 is 0 Å². The molecule has 0 radical (unpaired) electrons. The minimum Gasteiger partial charge on any atom is -0.348 e. The van der Waals surface area contributed by atoms with E-state index in [9.17, 15) is 18.4 Å². The van der Waals surface area contributed by atoms with Gasteiger partial charge in [-0.25, -0.2) is 18.7 Å². The molecule has 2 N–H and O–H groups in total. The Bertz CT molecular complexity index is 815. The number of aromatic nitrogens is 3. The summed E-state index contributed by atoms with van der Waals surface area (Å²) in [7, 11) is 0. The van der Waals surface area contributed by atoms with E-state index in [1.807, 2.05) is 0 Å². The van der Waals surface area contributed by atoms with Gasteiger partial charge in [-0.3, -0.25) is 9.59 Å². The zero-order chi connectivity index (χ0) is 16.6. The number of carbonyl (C=O) groups excluding carboxylic acids is 1. The Morgan fingerprint density at radius 1 is 1.35 bits per heavy atom. The van der Waals surface area contributed by atoms with Crippen LogP contribution in [0.1, 0.15) is 40.8 Å². The Kier molecular flexibility index (Phi) is 3.89. The van der Waals surface area contributed by atoms with Crippen molar-refractivity contribution in [3.63, 3.8) is 0 Å². The number of rotatable bonds is 3. The number of halogens is 2. The molecule has 2 aromatic rings. The summed E-state index contributed by atoms with van der Waals surface area (Å²) in [6.07, 6.45) is 2.00. The summed E-state index contributed by atoms with van der Waals surface area (Å²) in [5.74, 6) is -1.89. The summed E-state index contributed by atoms with van der Waals surface area (Å²) in [4.78, 5) is 33.7. The van der Waals surface area contributed by atoms with Crippen molar-refractivity contribution in [2.45, 2.75) is 31.7 Å². The maximum Gasteiger partial charge on any atom is 0.273 e. The summed E-state index contributed by atoms with van der Waals surface area (Å²) in [5.41, 5.74) is 0.0420. The number of aryl methyl sites for hydroxylation is 1. The van der Waals surface area contributed by atoms with E-state index < -0.39 is 23.2 Å². The number of nitrogens with zero attached hydrogens (tertiary/aromatic N) is 2. The van der Waals surface area contributed by atoms with Crippen LogP contribution in [0.2, 0.25) is 0 Å². The molecule has 3 rings (SSSR count). The van der Waals surface area contributed by atoms with Crippen LogP contribution in [0.3, 0.4) is 0 Å². The fourth-order valence-electron chi connectivity index (χ4n) is 2.62. The van der Waals surface area contributed by atoms with Crippen LogP contribution in [0.15, 0.2) is 23.1 Å². The van der Waals surface area contributed by atoms with Crippen molar-refractivity contribution in [1.82, 2.24) is 20.3 Å². The number of amides is 1. The third kappa shape index (κ3) is 3.25. The van der Waals surface area contributed by atoms with Crippen LogP contribution in [0.5, 0.6) is 0 Å². The molecule has 2 aromatic heterocycles. The minimum atomic E-state index is -0.995. The molecule has 0 saturated heterocycles. The Hall–Kier alpha value is -2.64. The zero-order valence-electron chi connectivity index (χ0n) is 12.3. The fraction of sp³-hybridized carbons (Fsp3) is 0.333. The number of aromatic amines is 1. The van der Waals surface area contributed by atoms with Crippen molar-refractivity contribution in [2.24, 2.45) is 0 Å². The van der Waals surface area contributed by atoms with Crippen molar-refractivity contribution >= 4 is 5.91 Å². The van der Waals surface area contributed by atoms with E-state index in [-0.39, 0.29) is 17.5 Å². The largest absolute Gasteiger partial charge is 0.348 e. The van der Waals surface area contributed by atoms with E-state index in [0.29, 0.717) is 30.4 Å². The molecule has 0 aliphatic heterocycles. The monoisotopic (exact) mass is 320 g/mol. The van der Waals surface area contributed by atoms with E-state index in [4.69, 9.17) is 0 Å². The van der Waals surface area contributed by atoms with E-state index in [2.05, 4.69) is 20.3 Å². The van der Waals surface area contributed by atoms with Crippen LogP contribution in [0, 0.1) is 18.6 Å². The van der Waals surface area contributed by atoms with Gasteiger partial charge in [-0.2, -0.15) is 0 Å². The molecule has 8 heteroatoms. The molecular weight excluding hydrogens is 306 g/mol. The molecule has 1 aliphatic carbocycles. The van der Waals surface area contributed by atoms with Crippen molar-refractivity contribution in [2.75, 3.05) is 0 Å². The summed E-state index contributed by atoms with van der Waals surface area (Å²) in [5, 5.41) is 2.64. The third-order valence-corrected chi connectivity index (χ3v) is 3.79. The van der Waals surface area contributed by atoms with Crippen LogP contribution < -0.4 is 10.9 Å². The maximum atomic E-state index is 13.5. The van der Waals surface area contributed by atoms with Crippen LogP contribution in [-0.2, 0) is 0 Å². The molecule has 0 aromatic carbocycles. The average Bonchev–Trinajstić information content (AvgIpc) is 2.40. The van der Waals surface area contributed by atoms with Gasteiger partial charge in [-0.1, -0.05) is 0 Å². The van der Waals surface area contributed by atoms with Crippen LogP contribution in [-0.4, -0.2) is 26.9 Å². The van der Waals surface area contributed by atoms with Gasteiger partial charge in [0.05, 0.1) is 11.9 Å². The average molecular weight is 320 g/mol. The second-order valence-corrected chi connectivity index (χ2v) is 5.58. The SMILES string of the molecule is Cc1nc(C2CC(NC(=O)c3ncc(F)cc3F)C2)cc(=O)[nH]1. The highest BCUT2D eigenvalue weighted by molar-refractivity contribution is 5.92. The lowest BCUT2D eigenvalue weighted by Gasteiger charge is -2.35. The predicted molar refractivity (Wildman–Crippen MR) is 77.0 cm³/mol. The summed E-state index contributed by atoms with van der Waals surface area (Å²) < 4.78 is 26.3. The van der Waals surface area contributed by atoms with Crippen LogP contribution in [0.25, 0.3) is 0 Å². The first kappa shape index (κ1) is 15.3. The second kappa shape index (κ2) is 5.86. The molecule has 120 valence electrons. The van der Waals surface area contributed by atoms with Crippen molar-refractivity contribution in [1.29, 1.82) is 0 Å². The smallest absolute Gasteiger partial charge is 0.273 e. The van der Waals surface area contributed by atoms with E-state index >= 15 is 0 Å². The van der Waals surface area contributed by atoms with Crippen molar-refractivity contribution in [3.05, 3.63) is 57.5 Å². The van der Waals surface area contributed by atoms with Gasteiger partial charge in [-0.05, 0) is 19.8 Å². The van der Waals surface area contributed by atoms with E-state index in [1.54, 1.807) is 6.92 Å². The number of carbonyl (C=O) groups is 1. The lowest BCUT2D eigenvalue weighted by atomic mass is 9.78. The Morgan fingerprint density at radius 3 is 2.74 bits per heavy atom. The summed E-state index contributed by atoms with van der Waals surface area (Å²) in [6, 6.07) is 1.91. The third-order valence-electron chi connectivity index (χ3n) is 3.79. The molecule has 0 unspecified atom stereocenters. The number of H-pyrrole nitrogens is 1. The van der Waals surface area contributed by atoms with E-state index in [1.165, 1.54) is 6.07 Å². The Labute approximate surface area is 130 Å². The fourth-order valence-corrected chi connectivity index (χ4v) is 2.62. The van der Waals surface area contributed by atoms with Gasteiger partial charge >= 0.3 is 0 Å². The molecule has 6 nitrogen and oxygen atoms in total. The van der Waals surface area contributed by atoms with Crippen LogP contribution in [0.4, 0.5) is 8.78 Å². The molecule has 23 heavy (non-hydrogen) atoms. The highest BCUT2D eigenvalue weighted by Crippen LogP contribution is 2.35. The van der Waals surface area contributed by atoms with Gasteiger partial charge < -0.3 is 10.3 Å².